The van der Waals surface area contributed by atoms with Gasteiger partial charge in [-0.3, -0.25) is 9.89 Å². The number of nitriles is 1. The van der Waals surface area contributed by atoms with Gasteiger partial charge in [0.25, 0.3) is 10.0 Å². The van der Waals surface area contributed by atoms with Gasteiger partial charge in [0.2, 0.25) is 6.34 Å². The summed E-state index contributed by atoms with van der Waals surface area (Å²) in [6.45, 7) is 0.990. The maximum atomic E-state index is 13.7. The van der Waals surface area contributed by atoms with Gasteiger partial charge in [-0.25, -0.2) is 17.4 Å². The van der Waals surface area contributed by atoms with Crippen LogP contribution in [0.1, 0.15) is 5.56 Å². The molecule has 186 valence electrons. The number of hydrogen-bond donors (Lipinski definition) is 3. The zero-order chi connectivity index (χ0) is 25.6. The van der Waals surface area contributed by atoms with Gasteiger partial charge < -0.3 is 14.2 Å². The normalized spacial score (nSPS) is 13.0. The number of benzene rings is 2. The van der Waals surface area contributed by atoms with E-state index >= 15 is 0 Å². The monoisotopic (exact) mass is 541 g/mol. The number of fused-ring (bicyclic) bond motifs is 1. The average molecular weight is 542 g/mol. The summed E-state index contributed by atoms with van der Waals surface area (Å²) in [4.78, 5) is 10.0. The molecule has 35 heavy (non-hydrogen) atoms. The minimum absolute atomic E-state index is 0.0590. The SMILES string of the molecule is C[N+](C)=CNCCOc1ccc2sc(S(=O)(=O)NCP(=O)(O)Oc3ccc(C#N)c(F)c3)cc2c1. The summed E-state index contributed by atoms with van der Waals surface area (Å²) in [6, 6.07) is 11.2. The average Bonchev–Trinajstić information content (AvgIpc) is 3.22. The Morgan fingerprint density at radius 1 is 1.23 bits per heavy atom. The Morgan fingerprint density at radius 3 is 2.66 bits per heavy atom. The van der Waals surface area contributed by atoms with Crippen LogP contribution in [-0.4, -0.2) is 57.8 Å². The molecule has 0 aliphatic carbocycles. The highest BCUT2D eigenvalue weighted by Crippen LogP contribution is 2.42. The van der Waals surface area contributed by atoms with E-state index in [9.17, 15) is 22.3 Å². The van der Waals surface area contributed by atoms with E-state index in [2.05, 4.69) is 10.0 Å². The standard InChI is InChI=1S/C21H22FN4O6PS2/c1-26(2)13-24-7-8-31-17-5-6-20-16(9-17)10-21(34-20)35(29,30)25-14-33(27,28)32-18-4-3-15(12-23)19(22)11-18/h3-6,9-11,13,25H,7-8,14H2,1-2H3,(H,27,28)/p+1. The fraction of sp³-hybridized carbons (Fsp3) is 0.238. The Bertz CT molecular complexity index is 1450. The van der Waals surface area contributed by atoms with E-state index in [1.807, 2.05) is 18.7 Å². The third kappa shape index (κ3) is 7.48. The highest BCUT2D eigenvalue weighted by atomic mass is 32.2. The highest BCUT2D eigenvalue weighted by molar-refractivity contribution is 7.92. The Morgan fingerprint density at radius 2 is 1.97 bits per heavy atom. The van der Waals surface area contributed by atoms with Crippen LogP contribution in [0, 0.1) is 17.1 Å². The van der Waals surface area contributed by atoms with Crippen LogP contribution in [-0.2, 0) is 14.6 Å². The van der Waals surface area contributed by atoms with Crippen molar-refractivity contribution in [2.75, 3.05) is 33.5 Å². The molecule has 0 spiro atoms. The molecule has 0 saturated heterocycles. The number of sulfonamides is 1. The Labute approximate surface area is 205 Å². The van der Waals surface area contributed by atoms with Gasteiger partial charge in [0.15, 0.2) is 0 Å². The summed E-state index contributed by atoms with van der Waals surface area (Å²) in [6.07, 6.45) is 0.866. The van der Waals surface area contributed by atoms with Crippen LogP contribution < -0.4 is 19.3 Å². The first-order valence-corrected chi connectivity index (χ1v) is 14.2. The molecular formula is C21H23FN4O6PS2+. The first-order chi connectivity index (χ1) is 16.5. The van der Waals surface area contributed by atoms with Crippen molar-refractivity contribution in [1.29, 1.82) is 5.26 Å². The second-order valence-corrected chi connectivity index (χ2v) is 12.3. The molecular weight excluding hydrogens is 518 g/mol. The predicted molar refractivity (Wildman–Crippen MR) is 130 cm³/mol. The summed E-state index contributed by atoms with van der Waals surface area (Å²) in [7, 11) is -4.86. The molecule has 1 aromatic heterocycles. The zero-order valence-electron chi connectivity index (χ0n) is 18.8. The number of rotatable bonds is 11. The van der Waals surface area contributed by atoms with E-state index in [4.69, 9.17) is 14.5 Å². The van der Waals surface area contributed by atoms with Crippen molar-refractivity contribution in [3.05, 3.63) is 53.8 Å². The number of hydrogen-bond acceptors (Lipinski definition) is 7. The Kier molecular flexibility index (Phi) is 8.47. The highest BCUT2D eigenvalue weighted by Gasteiger charge is 2.27. The maximum Gasteiger partial charge on any atom is 0.391 e. The van der Waals surface area contributed by atoms with Gasteiger partial charge in [-0.15, -0.1) is 11.3 Å². The maximum absolute atomic E-state index is 13.7. The molecule has 0 aliphatic rings. The van der Waals surface area contributed by atoms with Gasteiger partial charge in [-0.1, -0.05) is 0 Å². The smallest absolute Gasteiger partial charge is 0.391 e. The Balaban J connectivity index is 1.64. The van der Waals surface area contributed by atoms with E-state index in [1.54, 1.807) is 30.6 Å². The molecule has 1 atom stereocenters. The van der Waals surface area contributed by atoms with Gasteiger partial charge in [0.1, 0.15) is 47.0 Å². The van der Waals surface area contributed by atoms with E-state index in [0.29, 0.717) is 29.0 Å². The molecule has 14 heteroatoms. The summed E-state index contributed by atoms with van der Waals surface area (Å²) < 4.78 is 66.5. The number of nitrogens with zero attached hydrogens (tertiary/aromatic N) is 2. The summed E-state index contributed by atoms with van der Waals surface area (Å²) in [5.74, 6) is -0.667. The van der Waals surface area contributed by atoms with Crippen LogP contribution in [0.25, 0.3) is 10.1 Å². The number of thiophene rings is 1. The summed E-state index contributed by atoms with van der Waals surface area (Å²) in [5, 5.41) is 12.5. The van der Waals surface area contributed by atoms with E-state index in [-0.39, 0.29) is 15.5 Å². The summed E-state index contributed by atoms with van der Waals surface area (Å²) in [5.41, 5.74) is -0.261. The van der Waals surface area contributed by atoms with Gasteiger partial charge in [0, 0.05) is 10.8 Å². The molecule has 0 amide bonds. The Hall–Kier alpha value is -3.01. The number of ether oxygens (including phenoxy) is 1. The quantitative estimate of drug-likeness (QED) is 0.111. The number of halogens is 1. The van der Waals surface area contributed by atoms with Crippen molar-refractivity contribution in [2.45, 2.75) is 4.21 Å². The lowest BCUT2D eigenvalue weighted by Crippen LogP contribution is -2.25. The van der Waals surface area contributed by atoms with Gasteiger partial charge in [0.05, 0.1) is 19.7 Å². The topological polar surface area (TPSA) is 141 Å². The molecule has 0 fully saturated rings. The van der Waals surface area contributed by atoms with Crippen LogP contribution >= 0.6 is 18.9 Å². The zero-order valence-corrected chi connectivity index (χ0v) is 21.3. The fourth-order valence-corrected chi connectivity index (χ4v) is 6.70. The van der Waals surface area contributed by atoms with E-state index in [1.165, 1.54) is 6.07 Å². The van der Waals surface area contributed by atoms with Crippen molar-refractivity contribution in [2.24, 2.45) is 0 Å². The molecule has 2 aromatic carbocycles. The molecule has 0 saturated carbocycles. The molecule has 1 unspecified atom stereocenters. The van der Waals surface area contributed by atoms with Crippen LogP contribution in [0.3, 0.4) is 0 Å². The molecule has 0 bridgehead atoms. The second-order valence-electron chi connectivity index (χ2n) is 7.45. The lowest BCUT2D eigenvalue weighted by atomic mass is 10.2. The first-order valence-electron chi connectivity index (χ1n) is 10.1. The van der Waals surface area contributed by atoms with Crippen molar-refractivity contribution >= 4 is 45.4 Å². The minimum Gasteiger partial charge on any atom is -0.489 e. The van der Waals surface area contributed by atoms with Crippen LogP contribution in [0.2, 0.25) is 0 Å². The predicted octanol–water partition coefficient (Wildman–Crippen LogP) is 2.68. The molecule has 0 aliphatic heterocycles. The minimum atomic E-state index is -4.51. The third-order valence-corrected chi connectivity index (χ3v) is 8.62. The lowest BCUT2D eigenvalue weighted by Gasteiger charge is -2.14. The van der Waals surface area contributed by atoms with Gasteiger partial charge in [-0.2, -0.15) is 9.98 Å². The van der Waals surface area contributed by atoms with Crippen molar-refractivity contribution < 1.29 is 36.1 Å². The second kappa shape index (κ2) is 11.2. The third-order valence-electron chi connectivity index (χ3n) is 4.36. The molecule has 10 nitrogen and oxygen atoms in total. The van der Waals surface area contributed by atoms with Crippen molar-refractivity contribution in [3.63, 3.8) is 0 Å². The molecule has 3 aromatic rings. The molecule has 0 radical (unpaired) electrons. The van der Waals surface area contributed by atoms with Crippen molar-refractivity contribution in [3.8, 4) is 17.6 Å². The van der Waals surface area contributed by atoms with Gasteiger partial charge in [-0.05, 0) is 41.8 Å². The molecule has 3 N–H and O–H groups in total. The fourth-order valence-electron chi connectivity index (χ4n) is 2.77. The largest absolute Gasteiger partial charge is 0.489 e. The van der Waals surface area contributed by atoms with E-state index < -0.39 is 29.7 Å². The lowest BCUT2D eigenvalue weighted by molar-refractivity contribution is -0.461. The van der Waals surface area contributed by atoms with Crippen LogP contribution in [0.15, 0.2) is 46.7 Å². The van der Waals surface area contributed by atoms with Crippen LogP contribution in [0.4, 0.5) is 4.39 Å². The van der Waals surface area contributed by atoms with Crippen LogP contribution in [0.5, 0.6) is 11.5 Å². The number of nitrogens with one attached hydrogen (secondary N) is 2. The first kappa shape index (κ1) is 26.6. The molecule has 1 heterocycles. The molecule has 3 rings (SSSR count). The van der Waals surface area contributed by atoms with Crippen molar-refractivity contribution in [1.82, 2.24) is 10.0 Å². The summed E-state index contributed by atoms with van der Waals surface area (Å²) >= 11 is 0.987. The van der Waals surface area contributed by atoms with Gasteiger partial charge >= 0.3 is 7.60 Å². The van der Waals surface area contributed by atoms with E-state index in [0.717, 1.165) is 29.5 Å².